The number of aryl methyl sites for hydroxylation is 1. The molecule has 1 aromatic carbocycles. The van der Waals surface area contributed by atoms with E-state index in [1.807, 2.05) is 31.2 Å². The van der Waals surface area contributed by atoms with Crippen LogP contribution >= 0.6 is 0 Å². The summed E-state index contributed by atoms with van der Waals surface area (Å²) in [4.78, 5) is 18.7. The minimum atomic E-state index is -0.615. The van der Waals surface area contributed by atoms with Gasteiger partial charge < -0.3 is 9.88 Å². The van der Waals surface area contributed by atoms with Crippen molar-refractivity contribution in [2.24, 2.45) is 0 Å². The molecule has 0 aliphatic carbocycles. The normalized spacial score (nSPS) is 10.5. The van der Waals surface area contributed by atoms with E-state index in [0.717, 1.165) is 16.9 Å². The van der Waals surface area contributed by atoms with Crippen molar-refractivity contribution in [2.45, 2.75) is 13.5 Å². The fourth-order valence-corrected chi connectivity index (χ4v) is 2.55. The van der Waals surface area contributed by atoms with Crippen LogP contribution in [-0.2, 0) is 6.54 Å². The lowest BCUT2D eigenvalue weighted by molar-refractivity contribution is -0.385. The van der Waals surface area contributed by atoms with E-state index >= 15 is 0 Å². The van der Waals surface area contributed by atoms with Gasteiger partial charge in [-0.2, -0.15) is 5.26 Å². The van der Waals surface area contributed by atoms with Gasteiger partial charge in [0, 0.05) is 19.2 Å². The maximum atomic E-state index is 10.8. The van der Waals surface area contributed by atoms with E-state index in [2.05, 4.69) is 19.9 Å². The minimum Gasteiger partial charge on any atom is -0.368 e. The van der Waals surface area contributed by atoms with Crippen LogP contribution in [0.4, 0.5) is 11.5 Å². The van der Waals surface area contributed by atoms with Crippen LogP contribution in [0.3, 0.4) is 0 Å². The summed E-state index contributed by atoms with van der Waals surface area (Å²) >= 11 is 0. The van der Waals surface area contributed by atoms with Gasteiger partial charge in [0.1, 0.15) is 17.7 Å². The number of benzene rings is 1. The van der Waals surface area contributed by atoms with E-state index in [4.69, 9.17) is 5.26 Å². The van der Waals surface area contributed by atoms with E-state index in [9.17, 15) is 10.1 Å². The molecular weight excluding hydrogens is 308 g/mol. The Morgan fingerprint density at radius 2 is 2.08 bits per heavy atom. The van der Waals surface area contributed by atoms with Crippen LogP contribution in [0.5, 0.6) is 0 Å². The third kappa shape index (κ3) is 2.87. The van der Waals surface area contributed by atoms with E-state index in [1.54, 1.807) is 6.07 Å². The zero-order valence-electron chi connectivity index (χ0n) is 12.9. The van der Waals surface area contributed by atoms with Gasteiger partial charge in [-0.1, -0.05) is 12.1 Å². The highest BCUT2D eigenvalue weighted by Gasteiger charge is 2.15. The van der Waals surface area contributed by atoms with Crippen molar-refractivity contribution in [3.05, 3.63) is 58.0 Å². The van der Waals surface area contributed by atoms with Crippen molar-refractivity contribution < 1.29 is 4.92 Å². The number of nitriles is 1. The smallest absolute Gasteiger partial charge is 0.305 e. The second kappa shape index (κ2) is 6.34. The molecule has 2 heterocycles. The summed E-state index contributed by atoms with van der Waals surface area (Å²) in [5, 5.41) is 22.9. The van der Waals surface area contributed by atoms with Gasteiger partial charge >= 0.3 is 5.69 Å². The molecule has 0 aliphatic rings. The van der Waals surface area contributed by atoms with Gasteiger partial charge in [-0.25, -0.2) is 9.97 Å². The molecule has 0 fully saturated rings. The van der Waals surface area contributed by atoms with Crippen LogP contribution < -0.4 is 5.32 Å². The lowest BCUT2D eigenvalue weighted by Crippen LogP contribution is -2.13. The minimum absolute atomic E-state index is 0.200. The van der Waals surface area contributed by atoms with Crippen molar-refractivity contribution in [1.82, 2.24) is 14.5 Å². The fraction of sp³-hybridized carbons (Fsp3) is 0.188. The maximum Gasteiger partial charge on any atom is 0.305 e. The first kappa shape index (κ1) is 15.4. The van der Waals surface area contributed by atoms with Crippen LogP contribution in [0.2, 0.25) is 0 Å². The maximum absolute atomic E-state index is 10.8. The molecule has 0 radical (unpaired) electrons. The van der Waals surface area contributed by atoms with Crippen LogP contribution in [0, 0.1) is 28.4 Å². The first-order chi connectivity index (χ1) is 11.6. The molecule has 24 heavy (non-hydrogen) atoms. The van der Waals surface area contributed by atoms with Gasteiger partial charge in [-0.15, -0.1) is 0 Å². The second-order valence-electron chi connectivity index (χ2n) is 5.16. The monoisotopic (exact) mass is 322 g/mol. The number of nitrogens with one attached hydrogen (secondary N) is 1. The van der Waals surface area contributed by atoms with Crippen molar-refractivity contribution in [1.29, 1.82) is 5.26 Å². The Labute approximate surface area is 137 Å². The molecule has 3 rings (SSSR count). The average molecular weight is 322 g/mol. The summed E-state index contributed by atoms with van der Waals surface area (Å²) in [5.74, 6) is 1.34. The number of nitrogens with zero attached hydrogens (tertiary/aromatic N) is 5. The van der Waals surface area contributed by atoms with Crippen molar-refractivity contribution >= 4 is 22.5 Å². The highest BCUT2D eigenvalue weighted by atomic mass is 16.6. The third-order valence-electron chi connectivity index (χ3n) is 3.66. The highest BCUT2D eigenvalue weighted by Crippen LogP contribution is 2.18. The van der Waals surface area contributed by atoms with Crippen LogP contribution in [0.1, 0.15) is 11.5 Å². The van der Waals surface area contributed by atoms with Crippen LogP contribution in [-0.4, -0.2) is 26.0 Å². The Hall–Kier alpha value is -3.47. The number of nitro groups is 1. The van der Waals surface area contributed by atoms with Gasteiger partial charge in [0.2, 0.25) is 5.69 Å². The molecule has 0 atom stereocenters. The molecule has 0 bridgehead atoms. The molecule has 0 unspecified atom stereocenters. The Bertz CT molecular complexity index is 957. The van der Waals surface area contributed by atoms with E-state index in [-0.39, 0.29) is 11.4 Å². The largest absolute Gasteiger partial charge is 0.368 e. The fourth-order valence-electron chi connectivity index (χ4n) is 2.55. The number of para-hydroxylation sites is 2. The molecule has 0 saturated carbocycles. The summed E-state index contributed by atoms with van der Waals surface area (Å²) in [6.45, 7) is 3.15. The number of hydrogen-bond donors (Lipinski definition) is 1. The molecule has 3 aromatic rings. The molecule has 8 heteroatoms. The summed E-state index contributed by atoms with van der Waals surface area (Å²) in [7, 11) is 0. The number of imidazole rings is 1. The van der Waals surface area contributed by atoms with Crippen molar-refractivity contribution in [3.63, 3.8) is 0 Å². The Morgan fingerprint density at radius 3 is 2.83 bits per heavy atom. The van der Waals surface area contributed by atoms with E-state index in [1.165, 1.54) is 12.1 Å². The molecular formula is C16H14N6O2. The summed E-state index contributed by atoms with van der Waals surface area (Å²) in [6, 6.07) is 12.4. The lowest BCUT2D eigenvalue weighted by Gasteiger charge is -2.09. The lowest BCUT2D eigenvalue weighted by atomic mass is 10.3. The zero-order chi connectivity index (χ0) is 17.1. The number of rotatable bonds is 5. The molecule has 0 aliphatic heterocycles. The first-order valence-corrected chi connectivity index (χ1v) is 7.31. The van der Waals surface area contributed by atoms with Gasteiger partial charge in [0.25, 0.3) is 0 Å². The SMILES string of the molecule is Cc1nc2ccccc2n1CCNc1ccc([N+](=O)[O-])c(C#N)n1. The Kier molecular flexibility index (Phi) is 4.07. The topological polar surface area (TPSA) is 110 Å². The number of fused-ring (bicyclic) bond motifs is 1. The Morgan fingerprint density at radius 1 is 1.29 bits per heavy atom. The van der Waals surface area contributed by atoms with Gasteiger partial charge in [0.15, 0.2) is 0 Å². The standard InChI is InChI=1S/C16H14N6O2/c1-11-19-12-4-2-3-5-14(12)21(11)9-8-18-16-7-6-15(22(23)24)13(10-17)20-16/h2-7H,8-9H2,1H3,(H,18,20). The summed E-state index contributed by atoms with van der Waals surface area (Å²) in [5.41, 5.74) is 1.50. The number of anilines is 1. The molecule has 8 nitrogen and oxygen atoms in total. The van der Waals surface area contributed by atoms with Gasteiger partial charge in [-0.3, -0.25) is 10.1 Å². The molecule has 2 aromatic heterocycles. The number of hydrogen-bond acceptors (Lipinski definition) is 6. The quantitative estimate of drug-likeness (QED) is 0.571. The molecule has 0 spiro atoms. The average Bonchev–Trinajstić information content (AvgIpc) is 2.90. The number of aromatic nitrogens is 3. The first-order valence-electron chi connectivity index (χ1n) is 7.31. The second-order valence-corrected chi connectivity index (χ2v) is 5.16. The predicted octanol–water partition coefficient (Wildman–Crippen LogP) is 2.63. The van der Waals surface area contributed by atoms with Crippen LogP contribution in [0.15, 0.2) is 36.4 Å². The molecule has 1 N–H and O–H groups in total. The summed E-state index contributed by atoms with van der Waals surface area (Å²) < 4.78 is 2.08. The zero-order valence-corrected chi connectivity index (χ0v) is 12.9. The van der Waals surface area contributed by atoms with E-state index in [0.29, 0.717) is 18.9 Å². The molecule has 120 valence electrons. The van der Waals surface area contributed by atoms with Gasteiger partial charge in [-0.05, 0) is 25.1 Å². The predicted molar refractivity (Wildman–Crippen MR) is 88.6 cm³/mol. The number of pyridine rings is 1. The Balaban J connectivity index is 1.73. The van der Waals surface area contributed by atoms with Crippen LogP contribution in [0.25, 0.3) is 11.0 Å². The van der Waals surface area contributed by atoms with Crippen molar-refractivity contribution in [2.75, 3.05) is 11.9 Å². The van der Waals surface area contributed by atoms with Gasteiger partial charge in [0.05, 0.1) is 16.0 Å². The third-order valence-corrected chi connectivity index (χ3v) is 3.66. The van der Waals surface area contributed by atoms with Crippen molar-refractivity contribution in [3.8, 4) is 6.07 Å². The molecule has 0 saturated heterocycles. The summed E-state index contributed by atoms with van der Waals surface area (Å²) in [6.07, 6.45) is 0. The van der Waals surface area contributed by atoms with E-state index < -0.39 is 4.92 Å². The molecule has 0 amide bonds. The highest BCUT2D eigenvalue weighted by molar-refractivity contribution is 5.75.